The van der Waals surface area contributed by atoms with Crippen LogP contribution < -0.4 is 4.74 Å². The van der Waals surface area contributed by atoms with Gasteiger partial charge in [0.2, 0.25) is 5.91 Å². The third kappa shape index (κ3) is 4.88. The molecule has 1 aliphatic rings. The summed E-state index contributed by atoms with van der Waals surface area (Å²) in [5.74, 6) is 0.936. The first kappa shape index (κ1) is 19.0. The van der Waals surface area contributed by atoms with E-state index in [-0.39, 0.29) is 17.7 Å². The third-order valence-corrected chi connectivity index (χ3v) is 4.92. The summed E-state index contributed by atoms with van der Waals surface area (Å²) >= 11 is 0. The molecule has 142 valence electrons. The predicted molar refractivity (Wildman–Crippen MR) is 105 cm³/mol. The topological polar surface area (TPSA) is 49.9 Å². The van der Waals surface area contributed by atoms with Gasteiger partial charge in [-0.1, -0.05) is 30.3 Å². The van der Waals surface area contributed by atoms with Crippen LogP contribution in [0, 0.1) is 5.92 Å². The number of amides is 2. The molecule has 1 saturated heterocycles. The van der Waals surface area contributed by atoms with Crippen molar-refractivity contribution in [2.75, 3.05) is 27.2 Å². The van der Waals surface area contributed by atoms with Gasteiger partial charge in [-0.05, 0) is 42.7 Å². The smallest absolute Gasteiger partial charge is 0.253 e. The number of hydrogen-bond acceptors (Lipinski definition) is 3. The van der Waals surface area contributed by atoms with Gasteiger partial charge in [0.25, 0.3) is 5.91 Å². The molecule has 1 fully saturated rings. The number of carbonyl (C=O) groups is 2. The number of piperidine rings is 1. The lowest BCUT2D eigenvalue weighted by Gasteiger charge is -2.32. The first-order valence-corrected chi connectivity index (χ1v) is 9.32. The number of carbonyl (C=O) groups excluding carboxylic acids is 2. The molecule has 0 N–H and O–H groups in total. The monoisotopic (exact) mass is 366 g/mol. The maximum Gasteiger partial charge on any atom is 0.253 e. The summed E-state index contributed by atoms with van der Waals surface area (Å²) in [6.45, 7) is 1.74. The zero-order valence-corrected chi connectivity index (χ0v) is 15.9. The summed E-state index contributed by atoms with van der Waals surface area (Å²) in [6, 6.07) is 17.2. The van der Waals surface area contributed by atoms with Crippen LogP contribution >= 0.6 is 0 Å². The SMILES string of the molecule is CN(C)C(=O)C1CCN(C(=O)c2ccc(OCc3ccccc3)cc2)CC1. The van der Waals surface area contributed by atoms with Gasteiger partial charge in [0, 0.05) is 38.7 Å². The maximum absolute atomic E-state index is 12.7. The van der Waals surface area contributed by atoms with Crippen LogP contribution in [0.4, 0.5) is 0 Å². The second kappa shape index (κ2) is 8.71. The molecule has 0 bridgehead atoms. The van der Waals surface area contributed by atoms with Crippen molar-refractivity contribution >= 4 is 11.8 Å². The maximum atomic E-state index is 12.7. The Bertz CT molecular complexity index is 764. The number of likely N-dealkylation sites (tertiary alicyclic amines) is 1. The molecule has 1 aliphatic heterocycles. The Morgan fingerprint density at radius 2 is 1.63 bits per heavy atom. The Morgan fingerprint density at radius 1 is 1.00 bits per heavy atom. The van der Waals surface area contributed by atoms with Crippen LogP contribution in [0.25, 0.3) is 0 Å². The van der Waals surface area contributed by atoms with E-state index < -0.39 is 0 Å². The van der Waals surface area contributed by atoms with Gasteiger partial charge >= 0.3 is 0 Å². The molecule has 5 heteroatoms. The van der Waals surface area contributed by atoms with E-state index in [2.05, 4.69) is 0 Å². The number of rotatable bonds is 5. The molecule has 0 aliphatic carbocycles. The molecule has 0 unspecified atom stereocenters. The highest BCUT2D eigenvalue weighted by Gasteiger charge is 2.28. The lowest BCUT2D eigenvalue weighted by molar-refractivity contribution is -0.134. The first-order valence-electron chi connectivity index (χ1n) is 9.32. The van der Waals surface area contributed by atoms with E-state index in [9.17, 15) is 9.59 Å². The van der Waals surface area contributed by atoms with Crippen molar-refractivity contribution < 1.29 is 14.3 Å². The standard InChI is InChI=1S/C22H26N2O3/c1-23(2)21(25)19-12-14-24(15-13-19)22(26)18-8-10-20(11-9-18)27-16-17-6-4-3-5-7-17/h3-11,19H,12-16H2,1-2H3. The van der Waals surface area contributed by atoms with E-state index in [1.165, 1.54) is 0 Å². The van der Waals surface area contributed by atoms with Gasteiger partial charge in [-0.25, -0.2) is 0 Å². The fraction of sp³-hybridized carbons (Fsp3) is 0.364. The molecule has 5 nitrogen and oxygen atoms in total. The largest absolute Gasteiger partial charge is 0.489 e. The fourth-order valence-electron chi connectivity index (χ4n) is 3.31. The molecule has 2 aromatic rings. The van der Waals surface area contributed by atoms with Crippen molar-refractivity contribution in [3.05, 3.63) is 65.7 Å². The van der Waals surface area contributed by atoms with Crippen LogP contribution in [0.15, 0.2) is 54.6 Å². The number of benzene rings is 2. The highest BCUT2D eigenvalue weighted by Crippen LogP contribution is 2.21. The van der Waals surface area contributed by atoms with Crippen molar-refractivity contribution in [1.29, 1.82) is 0 Å². The zero-order chi connectivity index (χ0) is 19.2. The zero-order valence-electron chi connectivity index (χ0n) is 15.9. The summed E-state index contributed by atoms with van der Waals surface area (Å²) in [5.41, 5.74) is 1.76. The van der Waals surface area contributed by atoms with E-state index in [1.54, 1.807) is 31.1 Å². The van der Waals surface area contributed by atoms with E-state index >= 15 is 0 Å². The van der Waals surface area contributed by atoms with Crippen molar-refractivity contribution in [2.24, 2.45) is 5.92 Å². The van der Waals surface area contributed by atoms with Gasteiger partial charge in [0.15, 0.2) is 0 Å². The lowest BCUT2D eigenvalue weighted by atomic mass is 9.95. The van der Waals surface area contributed by atoms with Crippen molar-refractivity contribution in [2.45, 2.75) is 19.4 Å². The number of nitrogens with zero attached hydrogens (tertiary/aromatic N) is 2. The molecule has 0 saturated carbocycles. The summed E-state index contributed by atoms with van der Waals surface area (Å²) in [6.07, 6.45) is 1.45. The molecule has 1 heterocycles. The van der Waals surface area contributed by atoms with E-state index in [0.717, 1.165) is 24.2 Å². The van der Waals surface area contributed by atoms with Gasteiger partial charge in [0.1, 0.15) is 12.4 Å². The molecule has 2 aromatic carbocycles. The third-order valence-electron chi connectivity index (χ3n) is 4.92. The Balaban J connectivity index is 1.53. The van der Waals surface area contributed by atoms with Crippen LogP contribution in [0.5, 0.6) is 5.75 Å². The Hall–Kier alpha value is -2.82. The minimum atomic E-state index is 0.0142. The van der Waals surface area contributed by atoms with Crippen molar-refractivity contribution in [1.82, 2.24) is 9.80 Å². The number of hydrogen-bond donors (Lipinski definition) is 0. The number of ether oxygens (including phenoxy) is 1. The molecule has 0 aromatic heterocycles. The molecule has 2 amide bonds. The van der Waals surface area contributed by atoms with Crippen LogP contribution in [0.1, 0.15) is 28.8 Å². The van der Waals surface area contributed by atoms with Crippen LogP contribution in [-0.4, -0.2) is 48.8 Å². The second-order valence-electron chi connectivity index (χ2n) is 7.10. The van der Waals surface area contributed by atoms with E-state index in [4.69, 9.17) is 4.74 Å². The average molecular weight is 366 g/mol. The Morgan fingerprint density at radius 3 is 2.22 bits per heavy atom. The van der Waals surface area contributed by atoms with Gasteiger partial charge in [-0.2, -0.15) is 0 Å². The summed E-state index contributed by atoms with van der Waals surface area (Å²) in [7, 11) is 3.56. The summed E-state index contributed by atoms with van der Waals surface area (Å²) < 4.78 is 5.77. The van der Waals surface area contributed by atoms with E-state index in [0.29, 0.717) is 25.3 Å². The highest BCUT2D eigenvalue weighted by atomic mass is 16.5. The Labute approximate surface area is 160 Å². The molecule has 27 heavy (non-hydrogen) atoms. The second-order valence-corrected chi connectivity index (χ2v) is 7.10. The molecule has 3 rings (SSSR count). The molecular formula is C22H26N2O3. The van der Waals surface area contributed by atoms with Crippen LogP contribution in [0.2, 0.25) is 0 Å². The minimum Gasteiger partial charge on any atom is -0.489 e. The molecule has 0 spiro atoms. The van der Waals surface area contributed by atoms with Gasteiger partial charge in [0.05, 0.1) is 0 Å². The summed E-state index contributed by atoms with van der Waals surface area (Å²) in [4.78, 5) is 28.2. The lowest BCUT2D eigenvalue weighted by Crippen LogP contribution is -2.42. The van der Waals surface area contributed by atoms with Crippen molar-refractivity contribution in [3.8, 4) is 5.75 Å². The first-order chi connectivity index (χ1) is 13.0. The van der Waals surface area contributed by atoms with E-state index in [1.807, 2.05) is 47.4 Å². The van der Waals surface area contributed by atoms with Crippen LogP contribution in [-0.2, 0) is 11.4 Å². The van der Waals surface area contributed by atoms with Gasteiger partial charge < -0.3 is 14.5 Å². The minimum absolute atomic E-state index is 0.0142. The van der Waals surface area contributed by atoms with Crippen LogP contribution in [0.3, 0.4) is 0 Å². The molecule has 0 radical (unpaired) electrons. The summed E-state index contributed by atoms with van der Waals surface area (Å²) in [5, 5.41) is 0. The predicted octanol–water partition coefficient (Wildman–Crippen LogP) is 3.21. The normalized spacial score (nSPS) is 14.7. The molecule has 0 atom stereocenters. The molecular weight excluding hydrogens is 340 g/mol. The Kier molecular flexibility index (Phi) is 6.12. The van der Waals surface area contributed by atoms with Crippen molar-refractivity contribution in [3.63, 3.8) is 0 Å². The van der Waals surface area contributed by atoms with Gasteiger partial charge in [-0.3, -0.25) is 9.59 Å². The average Bonchev–Trinajstić information content (AvgIpc) is 2.72. The quantitative estimate of drug-likeness (QED) is 0.816. The van der Waals surface area contributed by atoms with Gasteiger partial charge in [-0.15, -0.1) is 0 Å². The highest BCUT2D eigenvalue weighted by molar-refractivity contribution is 5.94. The fourth-order valence-corrected chi connectivity index (χ4v) is 3.31.